The van der Waals surface area contributed by atoms with Gasteiger partial charge in [0.25, 0.3) is 0 Å². The lowest BCUT2D eigenvalue weighted by Gasteiger charge is -2.30. The molecule has 1 amide bonds. The number of benzene rings is 1. The third-order valence-electron chi connectivity index (χ3n) is 6.54. The average Bonchev–Trinajstić information content (AvgIpc) is 3.28. The number of aliphatic imine (C=N–C) groups is 1. The van der Waals surface area contributed by atoms with Crippen molar-refractivity contribution in [1.29, 1.82) is 0 Å². The third kappa shape index (κ3) is 7.79. The molecule has 8 heteroatoms. The molecule has 1 unspecified atom stereocenters. The van der Waals surface area contributed by atoms with Crippen LogP contribution in [0, 0.1) is 5.92 Å². The Morgan fingerprint density at radius 3 is 2.50 bits per heavy atom. The number of likely N-dealkylation sites (tertiary alicyclic amines) is 2. The molecule has 7 nitrogen and oxygen atoms in total. The van der Waals surface area contributed by atoms with Gasteiger partial charge in [-0.1, -0.05) is 12.1 Å². The van der Waals surface area contributed by atoms with Crippen LogP contribution in [0.3, 0.4) is 0 Å². The van der Waals surface area contributed by atoms with E-state index < -0.39 is 0 Å². The first-order valence-corrected chi connectivity index (χ1v) is 11.8. The van der Waals surface area contributed by atoms with Gasteiger partial charge in [0.1, 0.15) is 5.75 Å². The minimum atomic E-state index is -0.138. The monoisotopic (exact) mass is 557 g/mol. The highest BCUT2D eigenvalue weighted by molar-refractivity contribution is 14.0. The summed E-state index contributed by atoms with van der Waals surface area (Å²) in [5.41, 5.74) is 6.80. The maximum atomic E-state index is 11.3. The van der Waals surface area contributed by atoms with Crippen molar-refractivity contribution >= 4 is 35.8 Å². The summed E-state index contributed by atoms with van der Waals surface area (Å²) in [6.07, 6.45) is 5.18. The molecule has 32 heavy (non-hydrogen) atoms. The van der Waals surface area contributed by atoms with Crippen LogP contribution in [0.1, 0.15) is 50.5 Å². The van der Waals surface area contributed by atoms with E-state index in [2.05, 4.69) is 34.2 Å². The van der Waals surface area contributed by atoms with Gasteiger partial charge in [-0.05, 0) is 76.4 Å². The quantitative estimate of drug-likeness (QED) is 0.211. The first-order chi connectivity index (χ1) is 15.1. The number of unbranched alkanes of at least 4 members (excludes halogenated alkanes) is 1. The Bertz CT molecular complexity index is 720. The van der Waals surface area contributed by atoms with Gasteiger partial charge in [0.05, 0.1) is 7.11 Å². The van der Waals surface area contributed by atoms with E-state index in [1.807, 2.05) is 12.1 Å². The van der Waals surface area contributed by atoms with E-state index in [0.29, 0.717) is 5.92 Å². The minimum Gasteiger partial charge on any atom is -0.497 e. The van der Waals surface area contributed by atoms with Gasteiger partial charge in [-0.2, -0.15) is 0 Å². The van der Waals surface area contributed by atoms with Crippen LogP contribution in [0.15, 0.2) is 29.3 Å². The minimum absolute atomic E-state index is 0. The van der Waals surface area contributed by atoms with Crippen molar-refractivity contribution in [2.24, 2.45) is 16.6 Å². The van der Waals surface area contributed by atoms with E-state index in [0.717, 1.165) is 89.6 Å². The molecule has 0 radical (unpaired) electrons. The molecule has 1 aromatic carbocycles. The smallest absolute Gasteiger partial charge is 0.220 e. The van der Waals surface area contributed by atoms with Gasteiger partial charge in [-0.15, -0.1) is 24.0 Å². The van der Waals surface area contributed by atoms with E-state index >= 15 is 0 Å². The molecule has 0 spiro atoms. The Morgan fingerprint density at radius 1 is 1.16 bits per heavy atom. The number of halogens is 1. The number of amides is 1. The van der Waals surface area contributed by atoms with Crippen molar-refractivity contribution in [2.45, 2.75) is 44.9 Å². The van der Waals surface area contributed by atoms with Gasteiger partial charge in [0.2, 0.25) is 5.91 Å². The number of primary amides is 1. The van der Waals surface area contributed by atoms with Gasteiger partial charge in [0.15, 0.2) is 5.96 Å². The molecule has 2 aliphatic rings. The van der Waals surface area contributed by atoms with E-state index in [1.54, 1.807) is 7.11 Å². The highest BCUT2D eigenvalue weighted by atomic mass is 127. The first kappa shape index (κ1) is 26.7. The zero-order valence-electron chi connectivity index (χ0n) is 19.6. The van der Waals surface area contributed by atoms with Gasteiger partial charge in [-0.3, -0.25) is 9.79 Å². The fourth-order valence-corrected chi connectivity index (χ4v) is 4.60. The summed E-state index contributed by atoms with van der Waals surface area (Å²) in [6, 6.07) is 8.47. The van der Waals surface area contributed by atoms with E-state index in [9.17, 15) is 4.79 Å². The van der Waals surface area contributed by atoms with E-state index in [4.69, 9.17) is 15.5 Å². The number of carbonyl (C=O) groups is 1. The topological polar surface area (TPSA) is 83.2 Å². The van der Waals surface area contributed by atoms with Gasteiger partial charge < -0.3 is 25.6 Å². The number of ether oxygens (including phenoxy) is 1. The molecule has 0 aromatic heterocycles. The van der Waals surface area contributed by atoms with Crippen molar-refractivity contribution in [3.63, 3.8) is 0 Å². The Labute approximate surface area is 210 Å². The summed E-state index contributed by atoms with van der Waals surface area (Å²) < 4.78 is 5.28. The summed E-state index contributed by atoms with van der Waals surface area (Å²) in [6.45, 7) is 8.97. The molecule has 2 saturated heterocycles. The second-order valence-electron chi connectivity index (χ2n) is 8.67. The van der Waals surface area contributed by atoms with Crippen LogP contribution in [0.2, 0.25) is 0 Å². The molecule has 0 bridgehead atoms. The summed E-state index contributed by atoms with van der Waals surface area (Å²) in [7, 11) is 1.71. The maximum Gasteiger partial charge on any atom is 0.220 e. The number of hydrogen-bond donors (Lipinski definition) is 2. The van der Waals surface area contributed by atoms with Crippen LogP contribution < -0.4 is 15.8 Å². The van der Waals surface area contributed by atoms with Crippen molar-refractivity contribution in [3.05, 3.63) is 29.8 Å². The predicted molar refractivity (Wildman–Crippen MR) is 141 cm³/mol. The lowest BCUT2D eigenvalue weighted by Crippen LogP contribution is -2.40. The number of guanidine groups is 1. The third-order valence-corrected chi connectivity index (χ3v) is 6.54. The molecular formula is C24H40IN5O2. The second kappa shape index (κ2) is 13.9. The summed E-state index contributed by atoms with van der Waals surface area (Å²) in [5.74, 6) is 2.43. The van der Waals surface area contributed by atoms with Crippen molar-refractivity contribution in [1.82, 2.24) is 15.1 Å². The molecular weight excluding hydrogens is 517 g/mol. The fourth-order valence-electron chi connectivity index (χ4n) is 4.60. The van der Waals surface area contributed by atoms with Crippen molar-refractivity contribution in [2.75, 3.05) is 52.9 Å². The highest BCUT2D eigenvalue weighted by Gasteiger charge is 2.26. The molecule has 3 N–H and O–H groups in total. The van der Waals surface area contributed by atoms with Crippen LogP contribution in [0.25, 0.3) is 0 Å². The predicted octanol–water partition coefficient (Wildman–Crippen LogP) is 3.05. The van der Waals surface area contributed by atoms with Crippen molar-refractivity contribution < 1.29 is 9.53 Å². The molecule has 0 aliphatic carbocycles. The molecule has 2 aliphatic heterocycles. The van der Waals surface area contributed by atoms with Crippen LogP contribution in [0.5, 0.6) is 5.75 Å². The Balaban J connectivity index is 0.00000363. The van der Waals surface area contributed by atoms with E-state index in [-0.39, 0.29) is 35.8 Å². The van der Waals surface area contributed by atoms with Gasteiger partial charge >= 0.3 is 0 Å². The summed E-state index contributed by atoms with van der Waals surface area (Å²) in [4.78, 5) is 21.0. The lowest BCUT2D eigenvalue weighted by molar-refractivity contribution is -0.123. The standard InChI is InChI=1S/C24H39N5O2.HI/c1-3-26-24(27-13-4-5-14-28-15-10-20(11-16-28)23(25)30)29-17-12-21(18-29)19-6-8-22(31-2)9-7-19;/h6-9,20-21H,3-5,10-18H2,1-2H3,(H2,25,30)(H,26,27);1H. The molecule has 1 atom stereocenters. The first-order valence-electron chi connectivity index (χ1n) is 11.8. The molecule has 3 rings (SSSR count). The average molecular weight is 558 g/mol. The SMILES string of the molecule is CCNC(=NCCCCN1CCC(C(N)=O)CC1)N1CCC(c2ccc(OC)cc2)C1.I. The Hall–Kier alpha value is -1.55. The van der Waals surface area contributed by atoms with Crippen LogP contribution in [0.4, 0.5) is 0 Å². The molecule has 2 fully saturated rings. The number of hydrogen-bond acceptors (Lipinski definition) is 4. The van der Waals surface area contributed by atoms with Crippen LogP contribution >= 0.6 is 24.0 Å². The molecule has 0 saturated carbocycles. The largest absolute Gasteiger partial charge is 0.497 e. The number of rotatable bonds is 9. The van der Waals surface area contributed by atoms with Crippen LogP contribution in [-0.2, 0) is 4.79 Å². The van der Waals surface area contributed by atoms with Crippen molar-refractivity contribution in [3.8, 4) is 5.75 Å². The number of nitrogens with one attached hydrogen (secondary N) is 1. The zero-order valence-corrected chi connectivity index (χ0v) is 21.9. The van der Waals surface area contributed by atoms with Crippen LogP contribution in [-0.4, -0.2) is 74.6 Å². The second-order valence-corrected chi connectivity index (χ2v) is 8.67. The number of nitrogens with two attached hydrogens (primary N) is 1. The Kier molecular flexibility index (Phi) is 11.6. The maximum absolute atomic E-state index is 11.3. The lowest BCUT2D eigenvalue weighted by atomic mass is 9.96. The number of carbonyl (C=O) groups excluding carboxylic acids is 1. The molecule has 2 heterocycles. The highest BCUT2D eigenvalue weighted by Crippen LogP contribution is 2.28. The molecule has 1 aromatic rings. The number of piperidine rings is 1. The normalized spacial score (nSPS) is 20.1. The summed E-state index contributed by atoms with van der Waals surface area (Å²) >= 11 is 0. The molecule has 180 valence electrons. The van der Waals surface area contributed by atoms with E-state index in [1.165, 1.54) is 5.56 Å². The number of methoxy groups -OCH3 is 1. The fraction of sp³-hybridized carbons (Fsp3) is 0.667. The number of nitrogens with zero attached hydrogens (tertiary/aromatic N) is 3. The summed E-state index contributed by atoms with van der Waals surface area (Å²) in [5, 5.41) is 3.47. The zero-order chi connectivity index (χ0) is 22.1. The Morgan fingerprint density at radius 2 is 1.88 bits per heavy atom. The van der Waals surface area contributed by atoms with Gasteiger partial charge in [-0.25, -0.2) is 0 Å². The van der Waals surface area contributed by atoms with Gasteiger partial charge in [0, 0.05) is 38.0 Å².